The minimum Gasteiger partial charge on any atom is -0.465 e. The van der Waals surface area contributed by atoms with Gasteiger partial charge in [0.2, 0.25) is 0 Å². The number of nitrogens with one attached hydrogen (secondary N) is 2. The lowest BCUT2D eigenvalue weighted by Crippen LogP contribution is -2.25. The summed E-state index contributed by atoms with van der Waals surface area (Å²) in [6.45, 7) is 0. The van der Waals surface area contributed by atoms with Gasteiger partial charge in [-0.25, -0.2) is 4.79 Å². The predicted octanol–water partition coefficient (Wildman–Crippen LogP) is 3.27. The molecule has 0 saturated heterocycles. The largest absolute Gasteiger partial charge is 0.465 e. The first-order valence-corrected chi connectivity index (χ1v) is 8.46. The Balaban J connectivity index is 1.77. The Morgan fingerprint density at radius 2 is 1.69 bits per heavy atom. The van der Waals surface area contributed by atoms with E-state index in [1.807, 2.05) is 0 Å². The number of benzene rings is 2. The minimum absolute atomic E-state index is 0.201. The fraction of sp³-hybridized carbons (Fsp3) is 0.211. The molecule has 6 nitrogen and oxygen atoms in total. The third kappa shape index (κ3) is 4.21. The maximum atomic E-state index is 12.5. The van der Waals surface area contributed by atoms with Crippen molar-refractivity contribution in [1.29, 1.82) is 0 Å². The molecule has 1 aliphatic carbocycles. The lowest BCUT2D eigenvalue weighted by atomic mass is 10.1. The van der Waals surface area contributed by atoms with Crippen LogP contribution in [0.15, 0.2) is 42.5 Å². The Morgan fingerprint density at radius 1 is 1.00 bits per heavy atom. The number of hydrogen-bond acceptors (Lipinski definition) is 4. The van der Waals surface area contributed by atoms with Crippen LogP contribution in [0.5, 0.6) is 0 Å². The number of rotatable bonds is 5. The number of anilines is 1. The van der Waals surface area contributed by atoms with Crippen molar-refractivity contribution in [2.45, 2.75) is 18.9 Å². The van der Waals surface area contributed by atoms with Gasteiger partial charge >= 0.3 is 5.97 Å². The molecule has 7 heteroatoms. The fourth-order valence-corrected chi connectivity index (χ4v) is 2.52. The van der Waals surface area contributed by atoms with Gasteiger partial charge in [0.25, 0.3) is 11.8 Å². The molecule has 0 aliphatic heterocycles. The molecule has 0 heterocycles. The van der Waals surface area contributed by atoms with E-state index in [9.17, 15) is 14.4 Å². The molecule has 1 saturated carbocycles. The molecule has 2 aromatic carbocycles. The van der Waals surface area contributed by atoms with Gasteiger partial charge in [-0.15, -0.1) is 0 Å². The Labute approximate surface area is 155 Å². The molecule has 134 valence electrons. The highest BCUT2D eigenvalue weighted by atomic mass is 35.5. The van der Waals surface area contributed by atoms with Crippen LogP contribution in [-0.4, -0.2) is 30.9 Å². The number of halogens is 1. The number of ether oxygens (including phenoxy) is 1. The summed E-state index contributed by atoms with van der Waals surface area (Å²) in [6, 6.07) is 11.1. The average molecular weight is 373 g/mol. The van der Waals surface area contributed by atoms with E-state index in [0.717, 1.165) is 12.8 Å². The van der Waals surface area contributed by atoms with Crippen LogP contribution in [0.3, 0.4) is 0 Å². The Bertz CT molecular complexity index is 878. The van der Waals surface area contributed by atoms with Crippen molar-refractivity contribution in [1.82, 2.24) is 5.32 Å². The van der Waals surface area contributed by atoms with Crippen LogP contribution in [-0.2, 0) is 4.74 Å². The van der Waals surface area contributed by atoms with E-state index in [0.29, 0.717) is 11.1 Å². The van der Waals surface area contributed by atoms with Gasteiger partial charge in [0.05, 0.1) is 23.4 Å². The van der Waals surface area contributed by atoms with E-state index < -0.39 is 11.9 Å². The number of carbonyl (C=O) groups is 3. The van der Waals surface area contributed by atoms with Crippen LogP contribution in [0.4, 0.5) is 5.69 Å². The zero-order valence-corrected chi connectivity index (χ0v) is 14.8. The first kappa shape index (κ1) is 17.9. The van der Waals surface area contributed by atoms with Crippen molar-refractivity contribution >= 4 is 35.1 Å². The number of hydrogen-bond donors (Lipinski definition) is 2. The van der Waals surface area contributed by atoms with Gasteiger partial charge in [0, 0.05) is 17.2 Å². The maximum absolute atomic E-state index is 12.5. The first-order chi connectivity index (χ1) is 12.5. The van der Waals surface area contributed by atoms with Gasteiger partial charge in [0.15, 0.2) is 0 Å². The first-order valence-electron chi connectivity index (χ1n) is 8.08. The van der Waals surface area contributed by atoms with Crippen LogP contribution in [0.25, 0.3) is 0 Å². The van der Waals surface area contributed by atoms with E-state index >= 15 is 0 Å². The van der Waals surface area contributed by atoms with Crippen molar-refractivity contribution in [3.63, 3.8) is 0 Å². The number of carbonyl (C=O) groups excluding carboxylic acids is 3. The summed E-state index contributed by atoms with van der Waals surface area (Å²) in [5.41, 5.74) is 1.28. The monoisotopic (exact) mass is 372 g/mol. The molecule has 0 aromatic heterocycles. The van der Waals surface area contributed by atoms with E-state index in [1.54, 1.807) is 18.2 Å². The molecular formula is C19H17ClN2O4. The number of amides is 2. The van der Waals surface area contributed by atoms with Crippen LogP contribution in [0, 0.1) is 0 Å². The second-order valence-corrected chi connectivity index (χ2v) is 6.38. The lowest BCUT2D eigenvalue weighted by Gasteiger charge is -2.10. The van der Waals surface area contributed by atoms with Gasteiger partial charge in [0.1, 0.15) is 0 Å². The summed E-state index contributed by atoms with van der Waals surface area (Å²) in [6.07, 6.45) is 1.97. The highest BCUT2D eigenvalue weighted by molar-refractivity contribution is 6.34. The second-order valence-electron chi connectivity index (χ2n) is 5.97. The Kier molecular flexibility index (Phi) is 5.23. The second kappa shape index (κ2) is 7.58. The molecule has 2 amide bonds. The Hall–Kier alpha value is -2.86. The summed E-state index contributed by atoms with van der Waals surface area (Å²) >= 11 is 6.09. The molecule has 1 aliphatic rings. The smallest absolute Gasteiger partial charge is 0.337 e. The van der Waals surface area contributed by atoms with Crippen molar-refractivity contribution in [3.8, 4) is 0 Å². The fourth-order valence-electron chi connectivity index (χ4n) is 2.36. The van der Waals surface area contributed by atoms with Crippen molar-refractivity contribution < 1.29 is 19.1 Å². The lowest BCUT2D eigenvalue weighted by molar-refractivity contribution is 0.0600. The summed E-state index contributed by atoms with van der Waals surface area (Å²) in [5, 5.41) is 5.82. The molecule has 3 rings (SSSR count). The molecular weight excluding hydrogens is 356 g/mol. The minimum atomic E-state index is -0.532. The highest BCUT2D eigenvalue weighted by Crippen LogP contribution is 2.24. The van der Waals surface area contributed by atoms with Crippen LogP contribution >= 0.6 is 11.6 Å². The predicted molar refractivity (Wildman–Crippen MR) is 97.7 cm³/mol. The number of methoxy groups -OCH3 is 1. The highest BCUT2D eigenvalue weighted by Gasteiger charge is 2.24. The summed E-state index contributed by atoms with van der Waals surface area (Å²) in [5.74, 6) is -1.17. The van der Waals surface area contributed by atoms with Crippen LogP contribution in [0.1, 0.15) is 43.9 Å². The molecule has 26 heavy (non-hydrogen) atoms. The summed E-state index contributed by atoms with van der Waals surface area (Å²) in [4.78, 5) is 36.3. The van der Waals surface area contributed by atoms with Crippen molar-refractivity contribution in [3.05, 3.63) is 64.2 Å². The van der Waals surface area contributed by atoms with E-state index in [2.05, 4.69) is 15.4 Å². The molecule has 1 fully saturated rings. The zero-order valence-electron chi connectivity index (χ0n) is 14.0. The van der Waals surface area contributed by atoms with Gasteiger partial charge in [-0.05, 0) is 49.2 Å². The van der Waals surface area contributed by atoms with E-state index in [1.165, 1.54) is 31.4 Å². The third-order valence-corrected chi connectivity index (χ3v) is 4.26. The van der Waals surface area contributed by atoms with Gasteiger partial charge in [-0.1, -0.05) is 17.7 Å². The maximum Gasteiger partial charge on any atom is 0.337 e. The quantitative estimate of drug-likeness (QED) is 0.789. The third-order valence-electron chi connectivity index (χ3n) is 3.94. The molecule has 2 aromatic rings. The topological polar surface area (TPSA) is 84.5 Å². The molecule has 0 atom stereocenters. The van der Waals surface area contributed by atoms with E-state index in [-0.39, 0.29) is 28.2 Å². The van der Waals surface area contributed by atoms with Crippen LogP contribution < -0.4 is 10.6 Å². The van der Waals surface area contributed by atoms with E-state index in [4.69, 9.17) is 11.6 Å². The van der Waals surface area contributed by atoms with Crippen molar-refractivity contribution in [2.75, 3.05) is 12.4 Å². The van der Waals surface area contributed by atoms with Crippen molar-refractivity contribution in [2.24, 2.45) is 0 Å². The SMILES string of the molecule is COC(=O)c1ccc(Cl)c(NC(=O)c2cccc(C(=O)NC3CC3)c2)c1. The van der Waals surface area contributed by atoms with Crippen LogP contribution in [0.2, 0.25) is 5.02 Å². The normalized spacial score (nSPS) is 13.0. The average Bonchev–Trinajstić information content (AvgIpc) is 3.46. The molecule has 0 spiro atoms. The van der Waals surface area contributed by atoms with Gasteiger partial charge in [-0.3, -0.25) is 9.59 Å². The number of esters is 1. The summed E-state index contributed by atoms with van der Waals surface area (Å²) < 4.78 is 4.66. The molecule has 0 radical (unpaired) electrons. The Morgan fingerprint density at radius 3 is 2.35 bits per heavy atom. The summed E-state index contributed by atoms with van der Waals surface area (Å²) in [7, 11) is 1.27. The van der Waals surface area contributed by atoms with Gasteiger partial charge in [-0.2, -0.15) is 0 Å². The molecule has 0 bridgehead atoms. The molecule has 2 N–H and O–H groups in total. The molecule has 0 unspecified atom stereocenters. The standard InChI is InChI=1S/C19H17ClN2O4/c1-26-19(25)13-5-8-15(20)16(10-13)22-18(24)12-4-2-3-11(9-12)17(23)21-14-6-7-14/h2-5,8-10,14H,6-7H2,1H3,(H,21,23)(H,22,24). The zero-order chi connectivity index (χ0) is 18.7. The van der Waals surface area contributed by atoms with Gasteiger partial charge < -0.3 is 15.4 Å².